The third-order valence-electron chi connectivity index (χ3n) is 2.60. The predicted octanol–water partition coefficient (Wildman–Crippen LogP) is 1.58. The Labute approximate surface area is 111 Å². The zero-order valence-electron chi connectivity index (χ0n) is 10.0. The van der Waals surface area contributed by atoms with Gasteiger partial charge in [0, 0.05) is 24.1 Å². The molecular formula is C11H10F2N4O3. The summed E-state index contributed by atoms with van der Waals surface area (Å²) in [6.45, 7) is -0.424. The second-order valence-corrected chi connectivity index (χ2v) is 3.96. The largest absolute Gasteiger partial charge is 0.385 e. The van der Waals surface area contributed by atoms with Gasteiger partial charge in [-0.1, -0.05) is 0 Å². The number of nitrogens with zero attached hydrogens (tertiary/aromatic N) is 3. The second-order valence-electron chi connectivity index (χ2n) is 3.96. The Bertz CT molecular complexity index is 638. The van der Waals surface area contributed by atoms with Crippen molar-refractivity contribution < 1.29 is 18.8 Å². The number of anilines is 1. The van der Waals surface area contributed by atoms with Gasteiger partial charge in [0.15, 0.2) is 0 Å². The van der Waals surface area contributed by atoms with Crippen molar-refractivity contribution in [3.63, 3.8) is 0 Å². The second kappa shape index (κ2) is 5.70. The van der Waals surface area contributed by atoms with Gasteiger partial charge in [-0.3, -0.25) is 10.1 Å². The third kappa shape index (κ3) is 2.94. The van der Waals surface area contributed by atoms with Gasteiger partial charge in [-0.25, -0.2) is 18.7 Å². The highest BCUT2D eigenvalue weighted by Gasteiger charge is 2.17. The van der Waals surface area contributed by atoms with Crippen molar-refractivity contribution in [3.05, 3.63) is 34.6 Å². The topological polar surface area (TPSA) is 101 Å². The van der Waals surface area contributed by atoms with Crippen molar-refractivity contribution in [3.8, 4) is 0 Å². The minimum atomic E-state index is -2.88. The molecule has 106 valence electrons. The molecule has 2 aromatic rings. The van der Waals surface area contributed by atoms with Crippen LogP contribution in [0, 0.1) is 10.1 Å². The van der Waals surface area contributed by atoms with Crippen LogP contribution < -0.4 is 5.32 Å². The summed E-state index contributed by atoms with van der Waals surface area (Å²) in [6.07, 6.45) is -3.53. The molecule has 0 amide bonds. The van der Waals surface area contributed by atoms with Crippen LogP contribution in [0.1, 0.15) is 0 Å². The molecule has 20 heavy (non-hydrogen) atoms. The molecule has 0 bridgehead atoms. The van der Waals surface area contributed by atoms with Gasteiger partial charge in [-0.15, -0.1) is 0 Å². The zero-order valence-corrected chi connectivity index (χ0v) is 10.0. The Morgan fingerprint density at radius 2 is 2.15 bits per heavy atom. The van der Waals surface area contributed by atoms with E-state index in [0.717, 1.165) is 0 Å². The van der Waals surface area contributed by atoms with Gasteiger partial charge >= 0.3 is 0 Å². The maximum absolute atomic E-state index is 12.2. The average Bonchev–Trinajstić information content (AvgIpc) is 2.43. The summed E-state index contributed by atoms with van der Waals surface area (Å²) >= 11 is 0. The van der Waals surface area contributed by atoms with Gasteiger partial charge < -0.3 is 10.4 Å². The van der Waals surface area contributed by atoms with Crippen molar-refractivity contribution in [2.24, 2.45) is 0 Å². The minimum Gasteiger partial charge on any atom is -0.385 e. The van der Waals surface area contributed by atoms with E-state index in [1.54, 1.807) is 0 Å². The van der Waals surface area contributed by atoms with Crippen LogP contribution in [-0.2, 0) is 0 Å². The highest BCUT2D eigenvalue weighted by Crippen LogP contribution is 2.24. The van der Waals surface area contributed by atoms with E-state index in [4.69, 9.17) is 5.11 Å². The van der Waals surface area contributed by atoms with Gasteiger partial charge in [-0.05, 0) is 6.07 Å². The number of aliphatic hydroxyl groups is 1. The predicted molar refractivity (Wildman–Crippen MR) is 66.7 cm³/mol. The third-order valence-corrected chi connectivity index (χ3v) is 2.60. The SMILES string of the molecule is O=[N+]([O-])c1ccc2ncnc(NCC(O)C(F)F)c2c1. The van der Waals surface area contributed by atoms with Gasteiger partial charge in [0.1, 0.15) is 18.2 Å². The zero-order chi connectivity index (χ0) is 14.7. The molecule has 0 spiro atoms. The minimum absolute atomic E-state index is 0.151. The molecule has 1 heterocycles. The number of hydrogen-bond acceptors (Lipinski definition) is 6. The van der Waals surface area contributed by atoms with Crippen LogP contribution in [0.4, 0.5) is 20.3 Å². The molecule has 0 aliphatic rings. The Morgan fingerprint density at radius 3 is 2.80 bits per heavy atom. The van der Waals surface area contributed by atoms with Crippen molar-refractivity contribution in [2.75, 3.05) is 11.9 Å². The fourth-order valence-corrected chi connectivity index (χ4v) is 1.59. The number of aliphatic hydroxyl groups excluding tert-OH is 1. The molecule has 0 saturated heterocycles. The smallest absolute Gasteiger partial charge is 0.270 e. The molecular weight excluding hydrogens is 274 g/mol. The number of hydrogen-bond donors (Lipinski definition) is 2. The van der Waals surface area contributed by atoms with E-state index in [1.807, 2.05) is 0 Å². The normalized spacial score (nSPS) is 12.6. The highest BCUT2D eigenvalue weighted by atomic mass is 19.3. The molecule has 9 heteroatoms. The van der Waals surface area contributed by atoms with Crippen molar-refractivity contribution in [2.45, 2.75) is 12.5 Å². The van der Waals surface area contributed by atoms with E-state index >= 15 is 0 Å². The van der Waals surface area contributed by atoms with Gasteiger partial charge in [0.05, 0.1) is 10.4 Å². The maximum Gasteiger partial charge on any atom is 0.270 e. The molecule has 0 saturated carbocycles. The van der Waals surface area contributed by atoms with Gasteiger partial charge in [0.2, 0.25) is 0 Å². The standard InChI is InChI=1S/C11H10F2N4O3/c12-10(13)9(18)4-14-11-7-3-6(17(19)20)1-2-8(7)15-5-16-11/h1-3,5,9-10,18H,4H2,(H,14,15,16). The highest BCUT2D eigenvalue weighted by molar-refractivity contribution is 5.90. The number of nitro benzene ring substituents is 1. The number of benzene rings is 1. The summed E-state index contributed by atoms with van der Waals surface area (Å²) in [6, 6.07) is 3.96. The molecule has 1 aromatic heterocycles. The first-order valence-electron chi connectivity index (χ1n) is 5.58. The molecule has 1 atom stereocenters. The lowest BCUT2D eigenvalue weighted by Gasteiger charge is -2.12. The Balaban J connectivity index is 2.32. The van der Waals surface area contributed by atoms with Crippen LogP contribution in [-0.4, -0.2) is 39.1 Å². The number of nitro groups is 1. The summed E-state index contributed by atoms with van der Waals surface area (Å²) in [4.78, 5) is 17.9. The number of rotatable bonds is 5. The first-order valence-corrected chi connectivity index (χ1v) is 5.58. The lowest BCUT2D eigenvalue weighted by molar-refractivity contribution is -0.384. The van der Waals surface area contributed by atoms with E-state index < -0.39 is 24.0 Å². The number of non-ortho nitro benzene ring substituents is 1. The summed E-state index contributed by atoms with van der Waals surface area (Å²) in [5, 5.41) is 22.6. The van der Waals surface area contributed by atoms with Crippen LogP contribution in [0.25, 0.3) is 10.9 Å². The number of alkyl halides is 2. The number of halogens is 2. The first kappa shape index (κ1) is 14.0. The first-order chi connectivity index (χ1) is 9.49. The van der Waals surface area contributed by atoms with Gasteiger partial charge in [0.25, 0.3) is 12.1 Å². The number of nitrogens with one attached hydrogen (secondary N) is 1. The van der Waals surface area contributed by atoms with Crippen LogP contribution >= 0.6 is 0 Å². The molecule has 0 radical (unpaired) electrons. The summed E-state index contributed by atoms with van der Waals surface area (Å²) in [5.41, 5.74) is 0.268. The molecule has 0 fully saturated rings. The van der Waals surface area contributed by atoms with Crippen molar-refractivity contribution in [1.29, 1.82) is 0 Å². The van der Waals surface area contributed by atoms with Crippen molar-refractivity contribution in [1.82, 2.24) is 9.97 Å². The molecule has 0 aliphatic heterocycles. The molecule has 1 unspecified atom stereocenters. The fraction of sp³-hybridized carbons (Fsp3) is 0.273. The average molecular weight is 284 g/mol. The molecule has 0 aliphatic carbocycles. The van der Waals surface area contributed by atoms with E-state index in [0.29, 0.717) is 10.9 Å². The Kier molecular flexibility index (Phi) is 3.99. The fourth-order valence-electron chi connectivity index (χ4n) is 1.59. The van der Waals surface area contributed by atoms with E-state index in [2.05, 4.69) is 15.3 Å². The Hall–Kier alpha value is -2.42. The Morgan fingerprint density at radius 1 is 1.40 bits per heavy atom. The monoisotopic (exact) mass is 284 g/mol. The van der Waals surface area contributed by atoms with E-state index in [1.165, 1.54) is 24.5 Å². The van der Waals surface area contributed by atoms with Crippen LogP contribution in [0.3, 0.4) is 0 Å². The lowest BCUT2D eigenvalue weighted by atomic mass is 10.2. The number of fused-ring (bicyclic) bond motifs is 1. The maximum atomic E-state index is 12.2. The summed E-state index contributed by atoms with van der Waals surface area (Å²) in [7, 11) is 0. The molecule has 2 rings (SSSR count). The van der Waals surface area contributed by atoms with Crippen molar-refractivity contribution >= 4 is 22.4 Å². The van der Waals surface area contributed by atoms with Crippen LogP contribution in [0.5, 0.6) is 0 Å². The van der Waals surface area contributed by atoms with Gasteiger partial charge in [-0.2, -0.15) is 0 Å². The van der Waals surface area contributed by atoms with Crippen LogP contribution in [0.2, 0.25) is 0 Å². The quantitative estimate of drug-likeness (QED) is 0.638. The number of aromatic nitrogens is 2. The van der Waals surface area contributed by atoms with E-state index in [-0.39, 0.29) is 11.5 Å². The molecule has 1 aromatic carbocycles. The molecule has 2 N–H and O–H groups in total. The lowest BCUT2D eigenvalue weighted by Crippen LogP contribution is -2.27. The molecule has 7 nitrogen and oxygen atoms in total. The summed E-state index contributed by atoms with van der Waals surface area (Å²) in [5.74, 6) is 0.151. The van der Waals surface area contributed by atoms with Crippen LogP contribution in [0.15, 0.2) is 24.5 Å². The summed E-state index contributed by atoms with van der Waals surface area (Å²) < 4.78 is 24.4. The van der Waals surface area contributed by atoms with E-state index in [9.17, 15) is 18.9 Å².